The largest absolute Gasteiger partial charge is 0.397 e. The van der Waals surface area contributed by atoms with Crippen LogP contribution >= 0.6 is 11.6 Å². The molecule has 0 aliphatic rings. The lowest BCUT2D eigenvalue weighted by Crippen LogP contribution is -2.24. The number of nitrogen functional groups attached to an aromatic ring is 1. The van der Waals surface area contributed by atoms with Crippen molar-refractivity contribution in [1.29, 1.82) is 0 Å². The maximum atomic E-state index is 12.2. The number of aryl methyl sites for hydroxylation is 1. The fourth-order valence-corrected chi connectivity index (χ4v) is 3.08. The van der Waals surface area contributed by atoms with Gasteiger partial charge in [0.2, 0.25) is 10.0 Å². The highest BCUT2D eigenvalue weighted by Crippen LogP contribution is 2.26. The Morgan fingerprint density at radius 3 is 2.84 bits per heavy atom. The quantitative estimate of drug-likeness (QED) is 0.744. The zero-order valence-electron chi connectivity index (χ0n) is 10.1. The molecule has 0 bridgehead atoms. The maximum Gasteiger partial charge on any atom is 0.241 e. The maximum absolute atomic E-state index is 12.2. The molecule has 102 valence electrons. The van der Waals surface area contributed by atoms with E-state index in [2.05, 4.69) is 14.9 Å². The van der Waals surface area contributed by atoms with Gasteiger partial charge in [-0.25, -0.2) is 13.1 Å². The molecule has 8 heteroatoms. The zero-order valence-corrected chi connectivity index (χ0v) is 11.7. The van der Waals surface area contributed by atoms with Crippen molar-refractivity contribution in [2.24, 2.45) is 0 Å². The predicted molar refractivity (Wildman–Crippen MR) is 73.2 cm³/mol. The molecule has 2 aromatic rings. The van der Waals surface area contributed by atoms with E-state index in [-0.39, 0.29) is 17.1 Å². The van der Waals surface area contributed by atoms with Crippen LogP contribution in [0.1, 0.15) is 11.3 Å². The fourth-order valence-electron chi connectivity index (χ4n) is 1.59. The number of halogens is 1. The second-order valence-electron chi connectivity index (χ2n) is 4.05. The first-order chi connectivity index (χ1) is 8.90. The number of aromatic nitrogens is 2. The molecule has 0 spiro atoms. The van der Waals surface area contributed by atoms with Crippen molar-refractivity contribution < 1.29 is 8.42 Å². The van der Waals surface area contributed by atoms with Gasteiger partial charge in [0.05, 0.1) is 27.8 Å². The van der Waals surface area contributed by atoms with Crippen LogP contribution in [0.25, 0.3) is 0 Å². The van der Waals surface area contributed by atoms with Crippen LogP contribution in [0.15, 0.2) is 29.3 Å². The molecule has 1 aromatic heterocycles. The number of hydrogen-bond donors (Lipinski definition) is 3. The molecule has 0 aliphatic heterocycles. The van der Waals surface area contributed by atoms with Crippen LogP contribution < -0.4 is 10.5 Å². The number of hydrogen-bond acceptors (Lipinski definition) is 4. The SMILES string of the molecule is Cc1cc(Cl)c(N)cc1S(=O)(=O)NCc1ccn[nH]1. The van der Waals surface area contributed by atoms with E-state index < -0.39 is 10.0 Å². The monoisotopic (exact) mass is 300 g/mol. The van der Waals surface area contributed by atoms with Gasteiger partial charge in [0.1, 0.15) is 0 Å². The van der Waals surface area contributed by atoms with Gasteiger partial charge in [-0.2, -0.15) is 5.10 Å². The Balaban J connectivity index is 2.27. The first-order valence-corrected chi connectivity index (χ1v) is 7.30. The third-order valence-corrected chi connectivity index (χ3v) is 4.47. The highest BCUT2D eigenvalue weighted by atomic mass is 35.5. The highest BCUT2D eigenvalue weighted by Gasteiger charge is 2.18. The molecule has 2 rings (SSSR count). The van der Waals surface area contributed by atoms with E-state index in [4.69, 9.17) is 17.3 Å². The lowest BCUT2D eigenvalue weighted by atomic mass is 10.2. The van der Waals surface area contributed by atoms with Gasteiger partial charge in [-0.15, -0.1) is 0 Å². The van der Waals surface area contributed by atoms with Crippen molar-refractivity contribution in [2.75, 3.05) is 5.73 Å². The van der Waals surface area contributed by atoms with Gasteiger partial charge < -0.3 is 5.73 Å². The number of benzene rings is 1. The standard InChI is InChI=1S/C11H13ClN4O2S/c1-7-4-9(12)10(13)5-11(7)19(17,18)15-6-8-2-3-14-16-8/h2-5,15H,6,13H2,1H3,(H,14,16). The van der Waals surface area contributed by atoms with E-state index in [9.17, 15) is 8.42 Å². The minimum atomic E-state index is -3.64. The van der Waals surface area contributed by atoms with Gasteiger partial charge in [0.25, 0.3) is 0 Å². The number of aromatic amines is 1. The summed E-state index contributed by atoms with van der Waals surface area (Å²) in [5.74, 6) is 0. The average molecular weight is 301 g/mol. The Morgan fingerprint density at radius 2 is 2.21 bits per heavy atom. The Hall–Kier alpha value is -1.57. The summed E-state index contributed by atoms with van der Waals surface area (Å²) in [6.45, 7) is 1.79. The summed E-state index contributed by atoms with van der Waals surface area (Å²) in [5, 5.41) is 6.75. The number of nitrogens with two attached hydrogens (primary N) is 1. The summed E-state index contributed by atoms with van der Waals surface area (Å²) >= 11 is 5.84. The van der Waals surface area contributed by atoms with Crippen molar-refractivity contribution in [3.05, 3.63) is 40.7 Å². The van der Waals surface area contributed by atoms with Gasteiger partial charge in [0, 0.05) is 6.20 Å². The van der Waals surface area contributed by atoms with Gasteiger partial charge in [-0.1, -0.05) is 11.6 Å². The average Bonchev–Trinajstić information content (AvgIpc) is 2.84. The third kappa shape index (κ3) is 3.06. The Labute approximate surface area is 116 Å². The topological polar surface area (TPSA) is 101 Å². The molecule has 0 saturated heterocycles. The number of sulfonamides is 1. The molecule has 0 radical (unpaired) electrons. The van der Waals surface area contributed by atoms with Crippen LogP contribution in [0.5, 0.6) is 0 Å². The van der Waals surface area contributed by atoms with Crippen molar-refractivity contribution in [3.8, 4) is 0 Å². The van der Waals surface area contributed by atoms with Gasteiger partial charge >= 0.3 is 0 Å². The smallest absolute Gasteiger partial charge is 0.241 e. The third-order valence-electron chi connectivity index (χ3n) is 2.59. The van der Waals surface area contributed by atoms with Crippen LogP contribution in [0.2, 0.25) is 5.02 Å². The fraction of sp³-hybridized carbons (Fsp3) is 0.182. The van der Waals surface area contributed by atoms with Gasteiger partial charge in [-0.3, -0.25) is 5.10 Å². The molecular formula is C11H13ClN4O2S. The number of H-pyrrole nitrogens is 1. The molecule has 1 heterocycles. The summed E-state index contributed by atoms with van der Waals surface area (Å²) in [4.78, 5) is 0.119. The Morgan fingerprint density at radius 1 is 1.47 bits per heavy atom. The van der Waals surface area contributed by atoms with Crippen molar-refractivity contribution in [3.63, 3.8) is 0 Å². The van der Waals surface area contributed by atoms with E-state index in [0.29, 0.717) is 16.3 Å². The second kappa shape index (κ2) is 5.20. The molecule has 0 unspecified atom stereocenters. The number of anilines is 1. The number of nitrogens with one attached hydrogen (secondary N) is 2. The van der Waals surface area contributed by atoms with E-state index in [1.54, 1.807) is 19.2 Å². The Bertz CT molecular complexity index is 683. The molecule has 19 heavy (non-hydrogen) atoms. The summed E-state index contributed by atoms with van der Waals surface area (Å²) in [6.07, 6.45) is 1.55. The molecule has 1 aromatic carbocycles. The van der Waals surface area contributed by atoms with Gasteiger partial charge in [-0.05, 0) is 30.7 Å². The van der Waals surface area contributed by atoms with E-state index in [1.807, 2.05) is 0 Å². The van der Waals surface area contributed by atoms with Crippen molar-refractivity contribution in [2.45, 2.75) is 18.4 Å². The van der Waals surface area contributed by atoms with Crippen LogP contribution in [0.4, 0.5) is 5.69 Å². The van der Waals surface area contributed by atoms with Crippen LogP contribution in [-0.2, 0) is 16.6 Å². The molecule has 0 saturated carbocycles. The predicted octanol–water partition coefficient (Wildman–Crippen LogP) is 1.43. The Kier molecular flexibility index (Phi) is 3.79. The lowest BCUT2D eigenvalue weighted by Gasteiger charge is -2.10. The van der Waals surface area contributed by atoms with Crippen LogP contribution in [-0.4, -0.2) is 18.6 Å². The molecular weight excluding hydrogens is 288 g/mol. The first-order valence-electron chi connectivity index (χ1n) is 5.43. The van der Waals surface area contributed by atoms with E-state index in [0.717, 1.165) is 0 Å². The minimum absolute atomic E-state index is 0.119. The molecule has 0 amide bonds. The van der Waals surface area contributed by atoms with Crippen molar-refractivity contribution >= 4 is 27.3 Å². The lowest BCUT2D eigenvalue weighted by molar-refractivity contribution is 0.580. The van der Waals surface area contributed by atoms with Crippen molar-refractivity contribution in [1.82, 2.24) is 14.9 Å². The molecule has 4 N–H and O–H groups in total. The molecule has 0 fully saturated rings. The molecule has 6 nitrogen and oxygen atoms in total. The summed E-state index contributed by atoms with van der Waals surface area (Å²) in [6, 6.07) is 4.57. The summed E-state index contributed by atoms with van der Waals surface area (Å²) in [5.41, 5.74) is 7.08. The molecule has 0 atom stereocenters. The zero-order chi connectivity index (χ0) is 14.0. The van der Waals surface area contributed by atoms with Crippen LogP contribution in [0, 0.1) is 6.92 Å². The second-order valence-corrected chi connectivity index (χ2v) is 6.19. The number of rotatable bonds is 4. The van der Waals surface area contributed by atoms with Crippen LogP contribution in [0.3, 0.4) is 0 Å². The first kappa shape index (κ1) is 13.9. The highest BCUT2D eigenvalue weighted by molar-refractivity contribution is 7.89. The minimum Gasteiger partial charge on any atom is -0.397 e. The van der Waals surface area contributed by atoms with E-state index in [1.165, 1.54) is 12.1 Å². The summed E-state index contributed by atoms with van der Waals surface area (Å²) < 4.78 is 26.8. The summed E-state index contributed by atoms with van der Waals surface area (Å²) in [7, 11) is -3.64. The van der Waals surface area contributed by atoms with E-state index >= 15 is 0 Å². The van der Waals surface area contributed by atoms with Gasteiger partial charge in [0.15, 0.2) is 0 Å². The molecule has 0 aliphatic carbocycles. The number of nitrogens with zero attached hydrogens (tertiary/aromatic N) is 1. The normalized spacial score (nSPS) is 11.7.